The van der Waals surface area contributed by atoms with E-state index in [9.17, 15) is 5.11 Å². The molecule has 0 saturated carbocycles. The lowest BCUT2D eigenvalue weighted by molar-refractivity contribution is 0.274. The Balaban J connectivity index is 2.06. The number of nitrogens with one attached hydrogen (secondary N) is 1. The maximum Gasteiger partial charge on any atom is 0.203 e. The highest BCUT2D eigenvalue weighted by atomic mass is 32.1. The van der Waals surface area contributed by atoms with Crippen molar-refractivity contribution in [1.82, 2.24) is 4.98 Å². The number of hydrogen-bond donors (Lipinski definition) is 2. The van der Waals surface area contributed by atoms with Crippen molar-refractivity contribution in [1.29, 1.82) is 0 Å². The van der Waals surface area contributed by atoms with Gasteiger partial charge in [0.05, 0.1) is 25.6 Å². The molecule has 0 saturated heterocycles. The minimum atomic E-state index is -0.0655. The van der Waals surface area contributed by atoms with Gasteiger partial charge in [-0.25, -0.2) is 4.98 Å². The van der Waals surface area contributed by atoms with Gasteiger partial charge in [0.15, 0.2) is 0 Å². The number of thiazole rings is 1. The SMILES string of the molecule is COc1ccc(C=NNc2nc(C)cs2)cc1CO. The van der Waals surface area contributed by atoms with E-state index >= 15 is 0 Å². The second-order valence-electron chi connectivity index (χ2n) is 3.89. The van der Waals surface area contributed by atoms with E-state index in [1.165, 1.54) is 11.3 Å². The van der Waals surface area contributed by atoms with Crippen LogP contribution in [0.3, 0.4) is 0 Å². The average molecular weight is 277 g/mol. The standard InChI is InChI=1S/C13H15N3O2S/c1-9-8-19-13(15-9)16-14-6-10-3-4-12(18-2)11(5-10)7-17/h3-6,8,17H,7H2,1-2H3,(H,15,16). The summed E-state index contributed by atoms with van der Waals surface area (Å²) >= 11 is 1.50. The number of aryl methyl sites for hydroxylation is 1. The van der Waals surface area contributed by atoms with Crippen LogP contribution in [-0.2, 0) is 6.61 Å². The van der Waals surface area contributed by atoms with Gasteiger partial charge in [-0.1, -0.05) is 0 Å². The average Bonchev–Trinajstić information content (AvgIpc) is 2.84. The topological polar surface area (TPSA) is 66.7 Å². The summed E-state index contributed by atoms with van der Waals surface area (Å²) in [6.07, 6.45) is 1.68. The van der Waals surface area contributed by atoms with E-state index in [1.807, 2.05) is 24.4 Å². The van der Waals surface area contributed by atoms with Crippen molar-refractivity contribution in [3.05, 3.63) is 40.4 Å². The molecule has 1 aromatic carbocycles. The lowest BCUT2D eigenvalue weighted by Gasteiger charge is -2.06. The Labute approximate surface area is 115 Å². The summed E-state index contributed by atoms with van der Waals surface area (Å²) in [7, 11) is 1.58. The lowest BCUT2D eigenvalue weighted by atomic mass is 10.1. The van der Waals surface area contributed by atoms with Crippen molar-refractivity contribution in [3.63, 3.8) is 0 Å². The largest absolute Gasteiger partial charge is 0.496 e. The summed E-state index contributed by atoms with van der Waals surface area (Å²) in [5.41, 5.74) is 5.44. The zero-order valence-electron chi connectivity index (χ0n) is 10.8. The molecular formula is C13H15N3O2S. The summed E-state index contributed by atoms with van der Waals surface area (Å²) in [6.45, 7) is 1.87. The predicted octanol–water partition coefficient (Wildman–Crippen LogP) is 2.40. The van der Waals surface area contributed by atoms with Crippen molar-refractivity contribution >= 4 is 22.7 Å². The Morgan fingerprint density at radius 3 is 3.00 bits per heavy atom. The third kappa shape index (κ3) is 3.52. The molecule has 0 unspecified atom stereocenters. The molecule has 0 aliphatic heterocycles. The Morgan fingerprint density at radius 2 is 2.37 bits per heavy atom. The quantitative estimate of drug-likeness (QED) is 0.650. The van der Waals surface area contributed by atoms with Crippen molar-refractivity contribution in [3.8, 4) is 5.75 Å². The van der Waals surface area contributed by atoms with Gasteiger partial charge in [0.25, 0.3) is 0 Å². The van der Waals surface area contributed by atoms with Crippen LogP contribution in [0.5, 0.6) is 5.75 Å². The first-order valence-corrected chi connectivity index (χ1v) is 6.60. The first-order valence-electron chi connectivity index (χ1n) is 5.72. The van der Waals surface area contributed by atoms with E-state index in [-0.39, 0.29) is 6.61 Å². The van der Waals surface area contributed by atoms with Crippen LogP contribution in [0.4, 0.5) is 5.13 Å². The summed E-state index contributed by atoms with van der Waals surface area (Å²) < 4.78 is 5.14. The van der Waals surface area contributed by atoms with Gasteiger partial charge in [-0.15, -0.1) is 11.3 Å². The molecular weight excluding hydrogens is 262 g/mol. The van der Waals surface area contributed by atoms with Gasteiger partial charge in [0, 0.05) is 10.9 Å². The predicted molar refractivity (Wildman–Crippen MR) is 77.0 cm³/mol. The van der Waals surface area contributed by atoms with Gasteiger partial charge in [-0.2, -0.15) is 5.10 Å². The highest BCUT2D eigenvalue weighted by Gasteiger charge is 2.02. The molecule has 5 nitrogen and oxygen atoms in total. The third-order valence-electron chi connectivity index (χ3n) is 2.47. The molecule has 2 rings (SSSR count). The van der Waals surface area contributed by atoms with Crippen molar-refractivity contribution < 1.29 is 9.84 Å². The summed E-state index contributed by atoms with van der Waals surface area (Å²) in [5.74, 6) is 0.670. The van der Waals surface area contributed by atoms with Crippen LogP contribution < -0.4 is 10.2 Å². The van der Waals surface area contributed by atoms with Gasteiger partial charge in [-0.05, 0) is 30.7 Å². The number of nitrogens with zero attached hydrogens (tertiary/aromatic N) is 2. The van der Waals surface area contributed by atoms with Crippen LogP contribution in [0.2, 0.25) is 0 Å². The molecule has 0 spiro atoms. The number of aliphatic hydroxyl groups is 1. The summed E-state index contributed by atoms with van der Waals surface area (Å²) in [4.78, 5) is 4.24. The Bertz CT molecular complexity index is 581. The smallest absolute Gasteiger partial charge is 0.203 e. The third-order valence-corrected chi connectivity index (χ3v) is 3.33. The number of methoxy groups -OCH3 is 1. The number of ether oxygens (including phenoxy) is 1. The van der Waals surface area contributed by atoms with Gasteiger partial charge < -0.3 is 9.84 Å². The second kappa shape index (κ2) is 6.31. The molecule has 0 fully saturated rings. The minimum absolute atomic E-state index is 0.0655. The fraction of sp³-hybridized carbons (Fsp3) is 0.231. The van der Waals surface area contributed by atoms with E-state index in [0.29, 0.717) is 5.75 Å². The van der Waals surface area contributed by atoms with Crippen LogP contribution >= 0.6 is 11.3 Å². The van der Waals surface area contributed by atoms with Gasteiger partial charge in [0.2, 0.25) is 5.13 Å². The normalized spacial score (nSPS) is 10.9. The zero-order valence-corrected chi connectivity index (χ0v) is 11.6. The fourth-order valence-electron chi connectivity index (χ4n) is 1.57. The molecule has 2 aromatic rings. The van der Waals surface area contributed by atoms with Gasteiger partial charge in [-0.3, -0.25) is 5.43 Å². The van der Waals surface area contributed by atoms with Crippen molar-refractivity contribution in [2.45, 2.75) is 13.5 Å². The van der Waals surface area contributed by atoms with E-state index in [4.69, 9.17) is 4.74 Å². The monoisotopic (exact) mass is 277 g/mol. The van der Waals surface area contributed by atoms with E-state index in [0.717, 1.165) is 22.0 Å². The van der Waals surface area contributed by atoms with Gasteiger partial charge in [0.1, 0.15) is 5.75 Å². The summed E-state index contributed by atoms with van der Waals surface area (Å²) in [5, 5.41) is 16.0. The van der Waals surface area contributed by atoms with Gasteiger partial charge >= 0.3 is 0 Å². The van der Waals surface area contributed by atoms with Crippen LogP contribution in [0.25, 0.3) is 0 Å². The molecule has 0 atom stereocenters. The molecule has 19 heavy (non-hydrogen) atoms. The molecule has 0 radical (unpaired) electrons. The molecule has 0 aliphatic rings. The Morgan fingerprint density at radius 1 is 1.53 bits per heavy atom. The lowest BCUT2D eigenvalue weighted by Crippen LogP contribution is -1.95. The van der Waals surface area contributed by atoms with Crippen LogP contribution in [0, 0.1) is 6.92 Å². The molecule has 1 heterocycles. The minimum Gasteiger partial charge on any atom is -0.496 e. The zero-order chi connectivity index (χ0) is 13.7. The number of hydrazone groups is 1. The molecule has 0 amide bonds. The second-order valence-corrected chi connectivity index (χ2v) is 4.75. The Kier molecular flexibility index (Phi) is 4.48. The number of hydrogen-bond acceptors (Lipinski definition) is 6. The molecule has 6 heteroatoms. The maximum atomic E-state index is 9.23. The molecule has 1 aromatic heterocycles. The van der Waals surface area contributed by atoms with Crippen molar-refractivity contribution in [2.75, 3.05) is 12.5 Å². The number of rotatable bonds is 5. The van der Waals surface area contributed by atoms with Crippen LogP contribution in [0.1, 0.15) is 16.8 Å². The van der Waals surface area contributed by atoms with E-state index in [2.05, 4.69) is 15.5 Å². The first-order chi connectivity index (χ1) is 9.22. The van der Waals surface area contributed by atoms with Crippen molar-refractivity contribution in [2.24, 2.45) is 5.10 Å². The highest BCUT2D eigenvalue weighted by molar-refractivity contribution is 7.13. The molecule has 0 aliphatic carbocycles. The highest BCUT2D eigenvalue weighted by Crippen LogP contribution is 2.19. The Hall–Kier alpha value is -1.92. The maximum absolute atomic E-state index is 9.23. The number of aliphatic hydroxyl groups excluding tert-OH is 1. The van der Waals surface area contributed by atoms with E-state index in [1.54, 1.807) is 19.4 Å². The van der Waals surface area contributed by atoms with E-state index < -0.39 is 0 Å². The molecule has 0 bridgehead atoms. The number of aromatic nitrogens is 1. The van der Waals surface area contributed by atoms with Crippen LogP contribution in [0.15, 0.2) is 28.7 Å². The number of benzene rings is 1. The number of anilines is 1. The fourth-order valence-corrected chi connectivity index (χ4v) is 2.21. The molecule has 100 valence electrons. The molecule has 2 N–H and O–H groups in total. The first kappa shape index (κ1) is 13.5. The summed E-state index contributed by atoms with van der Waals surface area (Å²) in [6, 6.07) is 5.51. The van der Waals surface area contributed by atoms with Crippen LogP contribution in [-0.4, -0.2) is 23.4 Å².